The highest BCUT2D eigenvalue weighted by Gasteiger charge is 2.21. The molecule has 0 aliphatic heterocycles. The van der Waals surface area contributed by atoms with E-state index in [0.717, 1.165) is 58.7 Å². The van der Waals surface area contributed by atoms with Crippen LogP contribution in [0.5, 0.6) is 0 Å². The number of ketones is 1. The third kappa shape index (κ3) is 3.88. The van der Waals surface area contributed by atoms with Crippen LogP contribution in [0.3, 0.4) is 0 Å². The van der Waals surface area contributed by atoms with Crippen LogP contribution in [0, 0.1) is 20.8 Å². The van der Waals surface area contributed by atoms with Gasteiger partial charge in [-0.05, 0) is 63.8 Å². The minimum Gasteiger partial charge on any atom is -0.289 e. The van der Waals surface area contributed by atoms with Crippen molar-refractivity contribution in [3.05, 3.63) is 68.8 Å². The fraction of sp³-hybridized carbons (Fsp3) is 0.286. The molecule has 1 aliphatic rings. The highest BCUT2D eigenvalue weighted by Crippen LogP contribution is 2.29. The first kappa shape index (κ1) is 17.6. The first-order valence-electron chi connectivity index (χ1n) is 8.48. The lowest BCUT2D eigenvalue weighted by atomic mass is 9.87. The fourth-order valence-corrected chi connectivity index (χ4v) is 3.18. The Balaban J connectivity index is 1.95. The number of aryl methyl sites for hydroxylation is 3. The summed E-state index contributed by atoms with van der Waals surface area (Å²) in [5.74, 6) is 0.0885. The van der Waals surface area contributed by atoms with Gasteiger partial charge in [0.15, 0.2) is 5.78 Å². The Bertz CT molecular complexity index is 897. The molecule has 0 radical (unpaired) electrons. The molecule has 1 aromatic heterocycles. The van der Waals surface area contributed by atoms with Crippen molar-refractivity contribution in [2.45, 2.75) is 40.0 Å². The van der Waals surface area contributed by atoms with E-state index in [0.29, 0.717) is 5.02 Å². The van der Waals surface area contributed by atoms with Gasteiger partial charge in [0.25, 0.3) is 0 Å². The van der Waals surface area contributed by atoms with Crippen LogP contribution < -0.4 is 0 Å². The van der Waals surface area contributed by atoms with Crippen molar-refractivity contribution >= 4 is 29.5 Å². The minimum absolute atomic E-state index is 0.0885. The molecule has 1 aromatic carbocycles. The van der Waals surface area contributed by atoms with Crippen LogP contribution in [-0.2, 0) is 4.79 Å². The number of hydrogen-bond donors (Lipinski definition) is 0. The van der Waals surface area contributed by atoms with Crippen molar-refractivity contribution in [2.75, 3.05) is 0 Å². The predicted molar refractivity (Wildman–Crippen MR) is 103 cm³/mol. The smallest absolute Gasteiger partial charge is 0.185 e. The number of carbonyl (C=O) groups is 1. The molecule has 25 heavy (non-hydrogen) atoms. The van der Waals surface area contributed by atoms with Crippen molar-refractivity contribution in [3.8, 4) is 0 Å². The van der Waals surface area contributed by atoms with Gasteiger partial charge in [0, 0.05) is 16.2 Å². The molecule has 3 nitrogen and oxygen atoms in total. The summed E-state index contributed by atoms with van der Waals surface area (Å²) >= 11 is 6.22. The van der Waals surface area contributed by atoms with Gasteiger partial charge in [0.1, 0.15) is 0 Å². The van der Waals surface area contributed by atoms with E-state index in [4.69, 9.17) is 11.6 Å². The van der Waals surface area contributed by atoms with Gasteiger partial charge < -0.3 is 0 Å². The normalized spacial score (nSPS) is 18.2. The molecule has 128 valence electrons. The molecule has 1 saturated carbocycles. The second-order valence-corrected chi connectivity index (χ2v) is 6.82. The van der Waals surface area contributed by atoms with E-state index >= 15 is 0 Å². The predicted octanol–water partition coefficient (Wildman–Crippen LogP) is 5.28. The van der Waals surface area contributed by atoms with E-state index in [-0.39, 0.29) is 5.78 Å². The summed E-state index contributed by atoms with van der Waals surface area (Å²) in [7, 11) is 0. The average Bonchev–Trinajstić information content (AvgIpc) is 2.58. The first-order valence-corrected chi connectivity index (χ1v) is 8.85. The summed E-state index contributed by atoms with van der Waals surface area (Å²) in [5, 5.41) is 0.662. The van der Waals surface area contributed by atoms with Crippen LogP contribution in [0.15, 0.2) is 35.4 Å². The Morgan fingerprint density at radius 2 is 1.56 bits per heavy atom. The number of benzene rings is 1. The molecule has 0 spiro atoms. The highest BCUT2D eigenvalue weighted by atomic mass is 35.5. The van der Waals surface area contributed by atoms with Gasteiger partial charge in [-0.1, -0.05) is 29.8 Å². The molecule has 0 atom stereocenters. The van der Waals surface area contributed by atoms with Crippen molar-refractivity contribution in [1.82, 2.24) is 9.97 Å². The van der Waals surface area contributed by atoms with Crippen LogP contribution in [0.25, 0.3) is 12.2 Å². The van der Waals surface area contributed by atoms with Gasteiger partial charge >= 0.3 is 0 Å². The average molecular weight is 353 g/mol. The Morgan fingerprint density at radius 3 is 2.28 bits per heavy atom. The SMILES string of the molecule is Cc1nc(C)c(/C=C2\CCC/C(=C\c3ccccc3Cl)C2=O)nc1C. The number of hydrogen-bond acceptors (Lipinski definition) is 3. The summed E-state index contributed by atoms with van der Waals surface area (Å²) in [6, 6.07) is 7.58. The van der Waals surface area contributed by atoms with Gasteiger partial charge in [0.2, 0.25) is 0 Å². The number of aromatic nitrogens is 2. The standard InChI is InChI=1S/C21H21ClN2O/c1-13-14(2)24-20(15(3)23-13)12-18-9-6-8-17(21(18)25)11-16-7-4-5-10-19(16)22/h4-5,7,10-12H,6,8-9H2,1-3H3/b17-11+,18-12+. The fourth-order valence-electron chi connectivity index (χ4n) is 2.99. The van der Waals surface area contributed by atoms with Gasteiger partial charge in [-0.3, -0.25) is 9.78 Å². The molecule has 0 saturated heterocycles. The summed E-state index contributed by atoms with van der Waals surface area (Å²) in [6.07, 6.45) is 6.31. The second-order valence-electron chi connectivity index (χ2n) is 6.41. The minimum atomic E-state index is 0.0885. The Kier molecular flexibility index (Phi) is 5.14. The van der Waals surface area contributed by atoms with Gasteiger partial charge in [0.05, 0.1) is 22.8 Å². The molecular formula is C21H21ClN2O. The molecular weight excluding hydrogens is 332 g/mol. The van der Waals surface area contributed by atoms with Crippen molar-refractivity contribution in [2.24, 2.45) is 0 Å². The zero-order valence-corrected chi connectivity index (χ0v) is 15.5. The maximum Gasteiger partial charge on any atom is 0.185 e. The number of rotatable bonds is 2. The molecule has 0 unspecified atom stereocenters. The van der Waals surface area contributed by atoms with Crippen LogP contribution in [0.1, 0.15) is 47.6 Å². The Morgan fingerprint density at radius 1 is 0.920 bits per heavy atom. The molecule has 4 heteroatoms. The third-order valence-electron chi connectivity index (χ3n) is 4.54. The lowest BCUT2D eigenvalue weighted by Gasteiger charge is -2.17. The van der Waals surface area contributed by atoms with E-state index in [2.05, 4.69) is 9.97 Å². The maximum atomic E-state index is 12.9. The lowest BCUT2D eigenvalue weighted by molar-refractivity contribution is -0.112. The van der Waals surface area contributed by atoms with Crippen LogP contribution in [-0.4, -0.2) is 15.8 Å². The molecule has 1 heterocycles. The van der Waals surface area contributed by atoms with Gasteiger partial charge in [-0.25, -0.2) is 4.98 Å². The zero-order valence-electron chi connectivity index (χ0n) is 14.8. The summed E-state index contributed by atoms with van der Waals surface area (Å²) < 4.78 is 0. The molecule has 0 amide bonds. The summed E-state index contributed by atoms with van der Waals surface area (Å²) in [6.45, 7) is 5.82. The number of nitrogens with zero attached hydrogens (tertiary/aromatic N) is 2. The Hall–Kier alpha value is -2.26. The molecule has 2 aromatic rings. The van der Waals surface area contributed by atoms with Crippen molar-refractivity contribution in [1.29, 1.82) is 0 Å². The summed E-state index contributed by atoms with van der Waals surface area (Å²) in [5.41, 5.74) is 5.94. The lowest BCUT2D eigenvalue weighted by Crippen LogP contribution is -2.13. The van der Waals surface area contributed by atoms with Gasteiger partial charge in [-0.15, -0.1) is 0 Å². The maximum absolute atomic E-state index is 12.9. The van der Waals surface area contributed by atoms with E-state index in [1.807, 2.05) is 57.2 Å². The monoisotopic (exact) mass is 352 g/mol. The van der Waals surface area contributed by atoms with Crippen molar-refractivity contribution in [3.63, 3.8) is 0 Å². The molecule has 3 rings (SSSR count). The largest absolute Gasteiger partial charge is 0.289 e. The number of Topliss-reactive ketones (excluding diaryl/α,β-unsaturated/α-hetero) is 1. The number of halogens is 1. The van der Waals surface area contributed by atoms with Crippen LogP contribution in [0.2, 0.25) is 5.02 Å². The van der Waals surface area contributed by atoms with E-state index in [9.17, 15) is 4.79 Å². The van der Waals surface area contributed by atoms with Crippen molar-refractivity contribution < 1.29 is 4.79 Å². The number of allylic oxidation sites excluding steroid dienone is 2. The van der Waals surface area contributed by atoms with E-state index in [1.165, 1.54) is 0 Å². The molecule has 1 aliphatic carbocycles. The van der Waals surface area contributed by atoms with Crippen LogP contribution in [0.4, 0.5) is 0 Å². The zero-order chi connectivity index (χ0) is 18.0. The third-order valence-corrected chi connectivity index (χ3v) is 4.88. The molecule has 0 N–H and O–H groups in total. The second kappa shape index (κ2) is 7.32. The van der Waals surface area contributed by atoms with Crippen LogP contribution >= 0.6 is 11.6 Å². The molecule has 1 fully saturated rings. The van der Waals surface area contributed by atoms with E-state index < -0.39 is 0 Å². The quantitative estimate of drug-likeness (QED) is 0.691. The topological polar surface area (TPSA) is 42.9 Å². The number of carbonyl (C=O) groups excluding carboxylic acids is 1. The first-order chi connectivity index (χ1) is 12.0. The Labute approximate surface area is 153 Å². The van der Waals surface area contributed by atoms with E-state index in [1.54, 1.807) is 0 Å². The molecule has 0 bridgehead atoms. The van der Waals surface area contributed by atoms with Gasteiger partial charge in [-0.2, -0.15) is 0 Å². The highest BCUT2D eigenvalue weighted by molar-refractivity contribution is 6.32. The summed E-state index contributed by atoms with van der Waals surface area (Å²) in [4.78, 5) is 22.0.